The maximum atomic E-state index is 13.2. The molecule has 4 rings (SSSR count). The van der Waals surface area contributed by atoms with E-state index in [0.29, 0.717) is 17.4 Å². The number of rotatable bonds is 7. The molecule has 7 nitrogen and oxygen atoms in total. The third kappa shape index (κ3) is 4.29. The number of hydrogen-bond acceptors (Lipinski definition) is 7. The predicted octanol–water partition coefficient (Wildman–Crippen LogP) is 4.30. The van der Waals surface area contributed by atoms with Crippen molar-refractivity contribution >= 4 is 27.9 Å². The second kappa shape index (κ2) is 8.85. The number of sulfone groups is 1. The molecule has 0 bridgehead atoms. The zero-order valence-electron chi connectivity index (χ0n) is 17.4. The fourth-order valence-electron chi connectivity index (χ4n) is 3.52. The summed E-state index contributed by atoms with van der Waals surface area (Å²) >= 11 is 0. The van der Waals surface area contributed by atoms with Crippen molar-refractivity contribution in [2.45, 2.75) is 22.8 Å². The van der Waals surface area contributed by atoms with Gasteiger partial charge in [0.1, 0.15) is 0 Å². The van der Waals surface area contributed by atoms with E-state index in [1.165, 1.54) is 0 Å². The Morgan fingerprint density at radius 2 is 1.68 bits per heavy atom. The molecular formula is C23H24N2O5S. The van der Waals surface area contributed by atoms with Gasteiger partial charge >= 0.3 is 0 Å². The normalized spacial score (nSPS) is 14.3. The molecule has 1 aliphatic heterocycles. The summed E-state index contributed by atoms with van der Waals surface area (Å²) < 4.78 is 43.0. The molecule has 162 valence electrons. The quantitative estimate of drug-likeness (QED) is 0.542. The summed E-state index contributed by atoms with van der Waals surface area (Å²) in [6, 6.07) is 13.8. The lowest BCUT2D eigenvalue weighted by molar-refractivity contribution is 0.355. The number of hydrogen-bond donors (Lipinski definition) is 0. The first kappa shape index (κ1) is 21.0. The highest BCUT2D eigenvalue weighted by molar-refractivity contribution is 7.91. The molecule has 0 amide bonds. The van der Waals surface area contributed by atoms with E-state index in [-0.39, 0.29) is 15.8 Å². The van der Waals surface area contributed by atoms with Crippen molar-refractivity contribution in [1.82, 2.24) is 4.98 Å². The zero-order valence-corrected chi connectivity index (χ0v) is 18.3. The van der Waals surface area contributed by atoms with Crippen molar-refractivity contribution in [3.8, 4) is 11.5 Å². The van der Waals surface area contributed by atoms with Gasteiger partial charge in [0.25, 0.3) is 0 Å². The van der Waals surface area contributed by atoms with Crippen LogP contribution >= 0.6 is 0 Å². The number of ether oxygens (including phenoxy) is 2. The Labute approximate surface area is 181 Å². The van der Waals surface area contributed by atoms with Crippen molar-refractivity contribution in [2.75, 3.05) is 32.2 Å². The molecule has 8 heteroatoms. The molecule has 2 heterocycles. The van der Waals surface area contributed by atoms with Gasteiger partial charge < -0.3 is 18.8 Å². The minimum absolute atomic E-state index is 0.0486. The van der Waals surface area contributed by atoms with E-state index in [9.17, 15) is 8.42 Å². The second-order valence-corrected chi connectivity index (χ2v) is 8.99. The Morgan fingerprint density at radius 3 is 2.35 bits per heavy atom. The molecule has 1 fully saturated rings. The molecule has 0 aliphatic carbocycles. The van der Waals surface area contributed by atoms with E-state index < -0.39 is 9.84 Å². The molecule has 1 saturated heterocycles. The molecule has 31 heavy (non-hydrogen) atoms. The van der Waals surface area contributed by atoms with Gasteiger partial charge in [0, 0.05) is 19.2 Å². The molecule has 1 aromatic heterocycles. The van der Waals surface area contributed by atoms with Crippen LogP contribution in [0, 0.1) is 0 Å². The topological polar surface area (TPSA) is 81.9 Å². The van der Waals surface area contributed by atoms with Gasteiger partial charge in [-0.15, -0.1) is 0 Å². The fourth-order valence-corrected chi connectivity index (χ4v) is 4.86. The Morgan fingerprint density at radius 1 is 0.968 bits per heavy atom. The largest absolute Gasteiger partial charge is 0.493 e. The molecular weight excluding hydrogens is 416 g/mol. The number of benzene rings is 2. The smallest absolute Gasteiger partial charge is 0.236 e. The molecule has 0 saturated carbocycles. The third-order valence-electron chi connectivity index (χ3n) is 5.12. The van der Waals surface area contributed by atoms with Crippen molar-refractivity contribution in [3.05, 3.63) is 60.0 Å². The molecule has 0 spiro atoms. The molecule has 0 unspecified atom stereocenters. The lowest BCUT2D eigenvalue weighted by Gasteiger charge is -2.14. The minimum Gasteiger partial charge on any atom is -0.493 e. The van der Waals surface area contributed by atoms with Crippen molar-refractivity contribution < 1.29 is 22.3 Å². The average Bonchev–Trinajstić information content (AvgIpc) is 3.48. The summed E-state index contributed by atoms with van der Waals surface area (Å²) in [5.41, 5.74) is 0.839. The lowest BCUT2D eigenvalue weighted by Crippen LogP contribution is -2.19. The monoisotopic (exact) mass is 440 g/mol. The molecule has 3 aromatic rings. The Bertz CT molecular complexity index is 1180. The van der Waals surface area contributed by atoms with Crippen molar-refractivity contribution in [2.24, 2.45) is 0 Å². The van der Waals surface area contributed by atoms with Crippen LogP contribution in [0.15, 0.2) is 62.9 Å². The van der Waals surface area contributed by atoms with Gasteiger partial charge in [-0.05, 0) is 48.7 Å². The molecule has 0 radical (unpaired) electrons. The van der Waals surface area contributed by atoms with Crippen LogP contribution in [0.2, 0.25) is 0 Å². The Balaban J connectivity index is 1.71. The number of aromatic nitrogens is 1. The van der Waals surface area contributed by atoms with E-state index >= 15 is 0 Å². The molecule has 2 aromatic carbocycles. The van der Waals surface area contributed by atoms with Crippen molar-refractivity contribution in [1.29, 1.82) is 0 Å². The third-order valence-corrected chi connectivity index (χ3v) is 6.79. The van der Waals surface area contributed by atoms with E-state index in [2.05, 4.69) is 4.98 Å². The summed E-state index contributed by atoms with van der Waals surface area (Å²) in [6.07, 6.45) is 5.43. The van der Waals surface area contributed by atoms with Gasteiger partial charge in [0.15, 0.2) is 11.5 Å². The number of oxazole rings is 1. The van der Waals surface area contributed by atoms with Crippen LogP contribution < -0.4 is 14.4 Å². The summed E-state index contributed by atoms with van der Waals surface area (Å²) in [4.78, 5) is 6.49. The Kier molecular flexibility index (Phi) is 5.99. The number of methoxy groups -OCH3 is 2. The van der Waals surface area contributed by atoms with E-state index in [0.717, 1.165) is 31.5 Å². The zero-order chi connectivity index (χ0) is 21.8. The van der Waals surface area contributed by atoms with Crippen LogP contribution in [0.1, 0.15) is 24.3 Å². The second-order valence-electron chi connectivity index (χ2n) is 7.12. The van der Waals surface area contributed by atoms with Gasteiger partial charge in [0.05, 0.1) is 19.1 Å². The lowest BCUT2D eigenvalue weighted by atomic mass is 10.2. The highest BCUT2D eigenvalue weighted by Gasteiger charge is 2.31. The van der Waals surface area contributed by atoms with Gasteiger partial charge in [-0.2, -0.15) is 4.98 Å². The van der Waals surface area contributed by atoms with Crippen LogP contribution in [-0.4, -0.2) is 40.7 Å². The molecule has 0 N–H and O–H groups in total. The first-order valence-corrected chi connectivity index (χ1v) is 11.5. The van der Waals surface area contributed by atoms with Crippen LogP contribution in [0.4, 0.5) is 5.88 Å². The minimum atomic E-state index is -3.81. The fraction of sp³-hybridized carbons (Fsp3) is 0.261. The first-order chi connectivity index (χ1) is 15.0. The Hall–Kier alpha value is -3.26. The standard InChI is InChI=1S/C23H24N2O5S/c1-28-19-12-10-17(16-20(19)29-2)11-13-21-24-22(23(30-21)25-14-6-7-15-25)31(26,27)18-8-4-3-5-9-18/h3-5,8-13,16H,6-7,14-15H2,1-2H3/b13-11+. The van der Waals surface area contributed by atoms with E-state index in [1.54, 1.807) is 62.8 Å². The maximum Gasteiger partial charge on any atom is 0.236 e. The summed E-state index contributed by atoms with van der Waals surface area (Å²) in [5.74, 6) is 1.75. The van der Waals surface area contributed by atoms with Crippen molar-refractivity contribution in [3.63, 3.8) is 0 Å². The number of nitrogens with zero attached hydrogens (tertiary/aromatic N) is 2. The highest BCUT2D eigenvalue weighted by Crippen LogP contribution is 2.34. The predicted molar refractivity (Wildman–Crippen MR) is 118 cm³/mol. The van der Waals surface area contributed by atoms with E-state index in [4.69, 9.17) is 13.9 Å². The summed E-state index contributed by atoms with van der Waals surface area (Å²) in [7, 11) is -0.656. The molecule has 0 atom stereocenters. The highest BCUT2D eigenvalue weighted by atomic mass is 32.2. The van der Waals surface area contributed by atoms with Crippen LogP contribution in [-0.2, 0) is 9.84 Å². The van der Waals surface area contributed by atoms with Gasteiger partial charge in [-0.25, -0.2) is 8.42 Å². The summed E-state index contributed by atoms with van der Waals surface area (Å²) in [5, 5.41) is -0.0486. The summed E-state index contributed by atoms with van der Waals surface area (Å²) in [6.45, 7) is 1.48. The van der Waals surface area contributed by atoms with Crippen LogP contribution in [0.5, 0.6) is 11.5 Å². The van der Waals surface area contributed by atoms with Crippen LogP contribution in [0.3, 0.4) is 0 Å². The van der Waals surface area contributed by atoms with Crippen LogP contribution in [0.25, 0.3) is 12.2 Å². The van der Waals surface area contributed by atoms with Gasteiger partial charge in [-0.1, -0.05) is 24.3 Å². The molecule has 1 aliphatic rings. The van der Waals surface area contributed by atoms with Gasteiger partial charge in [0.2, 0.25) is 26.6 Å². The average molecular weight is 441 g/mol. The maximum absolute atomic E-state index is 13.2. The SMILES string of the molecule is COc1ccc(/C=C/c2nc(S(=O)(=O)c3ccccc3)c(N3CCCC3)o2)cc1OC. The number of anilines is 1. The van der Waals surface area contributed by atoms with Gasteiger partial charge in [-0.3, -0.25) is 0 Å². The van der Waals surface area contributed by atoms with E-state index in [1.807, 2.05) is 17.0 Å². The first-order valence-electron chi connectivity index (χ1n) is 9.99.